The molecular formula is C25H31FN8O5S. The van der Waals surface area contributed by atoms with Crippen molar-refractivity contribution in [2.24, 2.45) is 4.99 Å². The van der Waals surface area contributed by atoms with Gasteiger partial charge in [-0.2, -0.15) is 4.98 Å². The monoisotopic (exact) mass is 574 g/mol. The van der Waals surface area contributed by atoms with Crippen LogP contribution in [0.5, 0.6) is 0 Å². The van der Waals surface area contributed by atoms with Crippen LogP contribution in [0.1, 0.15) is 57.3 Å². The minimum atomic E-state index is -4.19. The number of ether oxygens (including phenoxy) is 1. The summed E-state index contributed by atoms with van der Waals surface area (Å²) in [7, 11) is -2.44. The minimum Gasteiger partial charge on any atom is -0.473 e. The Morgan fingerprint density at radius 2 is 2.02 bits per heavy atom. The van der Waals surface area contributed by atoms with Gasteiger partial charge in [-0.05, 0) is 18.2 Å². The SMILES string of the molecule is CCC(=O)NS(=O)(=O)c1ccc(C2=C3NC=NC(OC4CCN(c5nc(C(C)C)no5)CC4)=C3N(C)N2)c(F)c1. The Morgan fingerprint density at radius 3 is 2.67 bits per heavy atom. The number of likely N-dealkylation sites (N-methyl/N-ethyl adjacent to an activating group) is 1. The highest BCUT2D eigenvalue weighted by Gasteiger charge is 2.34. The first-order valence-electron chi connectivity index (χ1n) is 13.0. The van der Waals surface area contributed by atoms with E-state index in [2.05, 4.69) is 25.9 Å². The van der Waals surface area contributed by atoms with E-state index in [0.717, 1.165) is 6.07 Å². The fourth-order valence-corrected chi connectivity index (χ4v) is 5.58. The number of aliphatic imine (C=N–C) groups is 1. The van der Waals surface area contributed by atoms with E-state index in [1.54, 1.807) is 12.1 Å². The maximum atomic E-state index is 15.2. The third-order valence-corrected chi connectivity index (χ3v) is 8.09. The second-order valence-corrected chi connectivity index (χ2v) is 11.6. The quantitative estimate of drug-likeness (QED) is 0.425. The molecule has 0 radical (unpaired) electrons. The van der Waals surface area contributed by atoms with Gasteiger partial charge in [0.2, 0.25) is 11.8 Å². The Morgan fingerprint density at radius 1 is 1.27 bits per heavy atom. The number of hydrogen-bond acceptors (Lipinski definition) is 12. The molecule has 15 heteroatoms. The molecule has 4 heterocycles. The summed E-state index contributed by atoms with van der Waals surface area (Å²) in [6.45, 7) is 6.90. The van der Waals surface area contributed by atoms with Crippen molar-refractivity contribution in [2.75, 3.05) is 25.0 Å². The first kappa shape index (κ1) is 27.4. The van der Waals surface area contributed by atoms with Gasteiger partial charge in [0.05, 0.1) is 22.6 Å². The number of hydrazine groups is 1. The zero-order chi connectivity index (χ0) is 28.6. The summed E-state index contributed by atoms with van der Waals surface area (Å²) in [5.74, 6) is -0.229. The lowest BCUT2D eigenvalue weighted by atomic mass is 10.1. The van der Waals surface area contributed by atoms with Gasteiger partial charge < -0.3 is 19.5 Å². The Labute approximate surface area is 231 Å². The molecule has 0 unspecified atom stereocenters. The number of aromatic nitrogens is 2. The third-order valence-electron chi connectivity index (χ3n) is 6.72. The molecular weight excluding hydrogens is 543 g/mol. The fourth-order valence-electron chi connectivity index (χ4n) is 4.51. The molecule has 1 aromatic carbocycles. The second kappa shape index (κ2) is 10.8. The predicted molar refractivity (Wildman–Crippen MR) is 143 cm³/mol. The van der Waals surface area contributed by atoms with E-state index in [1.807, 2.05) is 23.5 Å². The molecule has 214 valence electrons. The van der Waals surface area contributed by atoms with E-state index in [4.69, 9.17) is 9.26 Å². The van der Waals surface area contributed by atoms with Crippen molar-refractivity contribution in [3.8, 4) is 0 Å². The second-order valence-electron chi connectivity index (χ2n) is 9.90. The summed E-state index contributed by atoms with van der Waals surface area (Å²) < 4.78 is 53.7. The van der Waals surface area contributed by atoms with Crippen molar-refractivity contribution < 1.29 is 26.9 Å². The minimum absolute atomic E-state index is 0.0179. The van der Waals surface area contributed by atoms with E-state index < -0.39 is 21.7 Å². The summed E-state index contributed by atoms with van der Waals surface area (Å²) in [5, 5.41) is 8.74. The average Bonchev–Trinajstić information content (AvgIpc) is 3.55. The number of sulfonamides is 1. The van der Waals surface area contributed by atoms with Gasteiger partial charge in [-0.3, -0.25) is 15.2 Å². The molecule has 3 aliphatic rings. The van der Waals surface area contributed by atoms with Crippen molar-refractivity contribution in [3.05, 3.63) is 52.7 Å². The fraction of sp³-hybridized carbons (Fsp3) is 0.440. The van der Waals surface area contributed by atoms with E-state index in [1.165, 1.54) is 25.4 Å². The van der Waals surface area contributed by atoms with E-state index in [0.29, 0.717) is 60.7 Å². The number of rotatable bonds is 8. The van der Waals surface area contributed by atoms with Gasteiger partial charge in [-0.1, -0.05) is 25.9 Å². The highest BCUT2D eigenvalue weighted by Crippen LogP contribution is 2.35. The van der Waals surface area contributed by atoms with Gasteiger partial charge in [-0.15, -0.1) is 0 Å². The molecule has 0 aliphatic carbocycles. The number of nitrogens with zero attached hydrogens (tertiary/aromatic N) is 5. The number of carbonyl (C=O) groups is 1. The smallest absolute Gasteiger partial charge is 0.324 e. The number of amides is 1. The molecule has 5 rings (SSSR count). The molecule has 3 aliphatic heterocycles. The van der Waals surface area contributed by atoms with Crippen LogP contribution in [0.2, 0.25) is 0 Å². The van der Waals surface area contributed by atoms with Crippen LogP contribution in [0, 0.1) is 5.82 Å². The highest BCUT2D eigenvalue weighted by atomic mass is 32.2. The predicted octanol–water partition coefficient (Wildman–Crippen LogP) is 2.15. The Hall–Kier alpha value is -4.14. The number of carbonyl (C=O) groups excluding carboxylic acids is 1. The first-order chi connectivity index (χ1) is 19.1. The molecule has 2 aromatic rings. The van der Waals surface area contributed by atoms with Crippen LogP contribution in [0.3, 0.4) is 0 Å². The van der Waals surface area contributed by atoms with Crippen molar-refractivity contribution in [1.29, 1.82) is 0 Å². The number of hydrogen-bond donors (Lipinski definition) is 3. The molecule has 0 atom stereocenters. The van der Waals surface area contributed by atoms with Gasteiger partial charge in [0.1, 0.15) is 17.6 Å². The number of halogens is 1. The summed E-state index contributed by atoms with van der Waals surface area (Å²) in [6, 6.07) is 3.98. The van der Waals surface area contributed by atoms with Crippen molar-refractivity contribution in [3.63, 3.8) is 0 Å². The summed E-state index contributed by atoms with van der Waals surface area (Å²) in [5.41, 5.74) is 4.74. The van der Waals surface area contributed by atoms with E-state index in [9.17, 15) is 13.2 Å². The maximum Gasteiger partial charge on any atom is 0.324 e. The molecule has 0 saturated carbocycles. The molecule has 1 amide bonds. The van der Waals surface area contributed by atoms with Crippen LogP contribution in [-0.2, 0) is 19.6 Å². The molecule has 3 N–H and O–H groups in total. The Balaban J connectivity index is 1.33. The van der Waals surface area contributed by atoms with Crippen LogP contribution in [-0.4, -0.2) is 62.1 Å². The lowest BCUT2D eigenvalue weighted by Crippen LogP contribution is -2.38. The zero-order valence-electron chi connectivity index (χ0n) is 22.6. The van der Waals surface area contributed by atoms with Crippen LogP contribution in [0.15, 0.2) is 49.9 Å². The number of benzene rings is 1. The molecule has 0 bridgehead atoms. The Kier molecular flexibility index (Phi) is 7.40. The molecule has 1 fully saturated rings. The van der Waals surface area contributed by atoms with Gasteiger partial charge in [0.15, 0.2) is 5.82 Å². The van der Waals surface area contributed by atoms with E-state index >= 15 is 4.39 Å². The molecule has 40 heavy (non-hydrogen) atoms. The van der Waals surface area contributed by atoms with E-state index in [-0.39, 0.29) is 28.9 Å². The normalized spacial score (nSPS) is 17.8. The van der Waals surface area contributed by atoms with Gasteiger partial charge >= 0.3 is 6.01 Å². The van der Waals surface area contributed by atoms with Crippen molar-refractivity contribution >= 4 is 34.0 Å². The zero-order valence-corrected chi connectivity index (χ0v) is 23.4. The largest absolute Gasteiger partial charge is 0.473 e. The summed E-state index contributed by atoms with van der Waals surface area (Å²) in [6.07, 6.45) is 2.76. The van der Waals surface area contributed by atoms with Gasteiger partial charge in [0, 0.05) is 50.9 Å². The number of piperidine rings is 1. The summed E-state index contributed by atoms with van der Waals surface area (Å²) in [4.78, 5) is 22.1. The van der Waals surface area contributed by atoms with Gasteiger partial charge in [0.25, 0.3) is 10.0 Å². The lowest BCUT2D eigenvalue weighted by Gasteiger charge is -2.31. The Bertz CT molecular complexity index is 1510. The summed E-state index contributed by atoms with van der Waals surface area (Å²) >= 11 is 0. The topological polar surface area (TPSA) is 154 Å². The maximum absolute atomic E-state index is 15.2. The van der Waals surface area contributed by atoms with Crippen molar-refractivity contribution in [2.45, 2.75) is 57.0 Å². The first-order valence-corrected chi connectivity index (χ1v) is 14.4. The average molecular weight is 575 g/mol. The van der Waals surface area contributed by atoms with Crippen LogP contribution >= 0.6 is 0 Å². The third kappa shape index (κ3) is 5.33. The number of anilines is 1. The molecule has 0 spiro atoms. The standard InChI is InChI=1S/C25H31FN8O5S/c1-5-19(35)32-40(36,37)16-6-7-17(18(26)12-16)20-21-22(33(4)30-20)24(28-13-27-21)38-15-8-10-34(11-9-15)25-29-23(14(2)3)31-39-25/h6-7,12-15,30H,5,8-11H2,1-4H3,(H,27,28)(H,32,35). The number of nitrogens with one attached hydrogen (secondary N) is 3. The molecule has 1 saturated heterocycles. The van der Waals surface area contributed by atoms with Crippen LogP contribution in [0.4, 0.5) is 10.4 Å². The molecule has 13 nitrogen and oxygen atoms in total. The van der Waals surface area contributed by atoms with Gasteiger partial charge in [-0.25, -0.2) is 22.5 Å². The highest BCUT2D eigenvalue weighted by molar-refractivity contribution is 7.90. The van der Waals surface area contributed by atoms with Crippen LogP contribution < -0.4 is 20.4 Å². The lowest BCUT2D eigenvalue weighted by molar-refractivity contribution is -0.119. The van der Waals surface area contributed by atoms with Crippen molar-refractivity contribution in [1.82, 2.24) is 30.6 Å². The van der Waals surface area contributed by atoms with Crippen LogP contribution in [0.25, 0.3) is 5.70 Å². The molecule has 1 aromatic heterocycles. The number of fused-ring (bicyclic) bond motifs is 1.